The molecule has 0 amide bonds. The molecule has 1 aliphatic heterocycles. The number of methoxy groups -OCH3 is 1. The average molecular weight is 377 g/mol. The summed E-state index contributed by atoms with van der Waals surface area (Å²) < 4.78 is 23.0. The monoisotopic (exact) mass is 376 g/mol. The first-order chi connectivity index (χ1) is 12.8. The molecule has 1 heterocycles. The zero-order chi connectivity index (χ0) is 20.0. The molecule has 1 unspecified atom stereocenters. The normalized spacial score (nSPS) is 18.6. The highest BCUT2D eigenvalue weighted by molar-refractivity contribution is 5.59. The number of hydrogen-bond donors (Lipinski definition) is 0. The highest BCUT2D eigenvalue weighted by atomic mass is 16.7. The molecule has 0 spiro atoms. The maximum absolute atomic E-state index is 6.57. The Morgan fingerprint density at radius 1 is 1.11 bits per heavy atom. The van der Waals surface area contributed by atoms with E-state index in [0.717, 1.165) is 42.7 Å². The Kier molecular flexibility index (Phi) is 7.75. The molecule has 1 aromatic rings. The minimum absolute atomic E-state index is 0.103. The number of rotatable bonds is 9. The summed E-state index contributed by atoms with van der Waals surface area (Å²) in [4.78, 5) is 0. The van der Waals surface area contributed by atoms with Crippen LogP contribution in [-0.4, -0.2) is 32.7 Å². The molecule has 0 N–H and O–H groups in total. The van der Waals surface area contributed by atoms with Gasteiger partial charge in [0.1, 0.15) is 17.1 Å². The largest absolute Gasteiger partial charge is 0.487 e. The summed E-state index contributed by atoms with van der Waals surface area (Å²) in [5, 5.41) is 0. The lowest BCUT2D eigenvalue weighted by molar-refractivity contribution is -0.00936. The molecule has 0 saturated heterocycles. The van der Waals surface area contributed by atoms with E-state index in [0.29, 0.717) is 13.2 Å². The standard InChI is InChI=1S/C23H36O4/c1-16(2)9-8-11-23(6)12-10-20-19(5)21(26-15-25-14-13-24-7)17(3)18(4)22(20)27-23/h9H,8,10-15H2,1-7H3. The smallest absolute Gasteiger partial charge is 0.189 e. The second kappa shape index (κ2) is 9.61. The lowest BCUT2D eigenvalue weighted by atomic mass is 9.85. The van der Waals surface area contributed by atoms with Crippen LogP contribution in [0.5, 0.6) is 11.5 Å². The third-order valence-corrected chi connectivity index (χ3v) is 5.51. The molecule has 0 aromatic heterocycles. The first-order valence-corrected chi connectivity index (χ1v) is 9.93. The average Bonchev–Trinajstić information content (AvgIpc) is 2.61. The Bertz CT molecular complexity index is 674. The fourth-order valence-corrected chi connectivity index (χ4v) is 3.64. The van der Waals surface area contributed by atoms with Gasteiger partial charge in [-0.15, -0.1) is 0 Å². The summed E-state index contributed by atoms with van der Waals surface area (Å²) in [5.41, 5.74) is 6.03. The van der Waals surface area contributed by atoms with Crippen molar-refractivity contribution in [2.45, 2.75) is 72.8 Å². The van der Waals surface area contributed by atoms with Crippen molar-refractivity contribution in [3.05, 3.63) is 33.9 Å². The van der Waals surface area contributed by atoms with E-state index < -0.39 is 0 Å². The Morgan fingerprint density at radius 2 is 1.85 bits per heavy atom. The van der Waals surface area contributed by atoms with Crippen LogP contribution in [0.25, 0.3) is 0 Å². The zero-order valence-electron chi connectivity index (χ0n) is 18.2. The Balaban J connectivity index is 2.16. The van der Waals surface area contributed by atoms with Gasteiger partial charge in [0.15, 0.2) is 6.79 Å². The fraction of sp³-hybridized carbons (Fsp3) is 0.652. The predicted molar refractivity (Wildman–Crippen MR) is 110 cm³/mol. The van der Waals surface area contributed by atoms with E-state index in [-0.39, 0.29) is 12.4 Å². The molecule has 1 atom stereocenters. The number of ether oxygens (including phenoxy) is 4. The molecule has 0 bridgehead atoms. The van der Waals surface area contributed by atoms with Gasteiger partial charge < -0.3 is 18.9 Å². The van der Waals surface area contributed by atoms with Gasteiger partial charge in [0.2, 0.25) is 0 Å². The number of fused-ring (bicyclic) bond motifs is 1. The maximum Gasteiger partial charge on any atom is 0.189 e. The third kappa shape index (κ3) is 5.49. The lowest BCUT2D eigenvalue weighted by Gasteiger charge is -2.38. The summed E-state index contributed by atoms with van der Waals surface area (Å²) >= 11 is 0. The van der Waals surface area contributed by atoms with Gasteiger partial charge in [-0.3, -0.25) is 0 Å². The number of allylic oxidation sites excluding steroid dienone is 2. The molecular weight excluding hydrogens is 340 g/mol. The Morgan fingerprint density at radius 3 is 2.52 bits per heavy atom. The van der Waals surface area contributed by atoms with Crippen LogP contribution in [-0.2, 0) is 15.9 Å². The van der Waals surface area contributed by atoms with Crippen LogP contribution in [0, 0.1) is 20.8 Å². The lowest BCUT2D eigenvalue weighted by Crippen LogP contribution is -2.37. The third-order valence-electron chi connectivity index (χ3n) is 5.51. The van der Waals surface area contributed by atoms with Crippen LogP contribution in [0.3, 0.4) is 0 Å². The molecule has 4 nitrogen and oxygen atoms in total. The van der Waals surface area contributed by atoms with Gasteiger partial charge >= 0.3 is 0 Å². The van der Waals surface area contributed by atoms with Crippen LogP contribution >= 0.6 is 0 Å². The van der Waals surface area contributed by atoms with Crippen molar-refractivity contribution >= 4 is 0 Å². The number of benzene rings is 1. The van der Waals surface area contributed by atoms with E-state index in [4.69, 9.17) is 18.9 Å². The van der Waals surface area contributed by atoms with Crippen molar-refractivity contribution < 1.29 is 18.9 Å². The highest BCUT2D eigenvalue weighted by Gasteiger charge is 2.34. The molecule has 1 aliphatic rings. The molecule has 0 radical (unpaired) electrons. The fourth-order valence-electron chi connectivity index (χ4n) is 3.64. The summed E-state index contributed by atoms with van der Waals surface area (Å²) in [7, 11) is 1.67. The van der Waals surface area contributed by atoms with Crippen LogP contribution in [0.15, 0.2) is 11.6 Å². The van der Waals surface area contributed by atoms with E-state index >= 15 is 0 Å². The highest BCUT2D eigenvalue weighted by Crippen LogP contribution is 2.44. The van der Waals surface area contributed by atoms with Gasteiger partial charge in [-0.05, 0) is 83.9 Å². The quantitative estimate of drug-likeness (QED) is 0.327. The zero-order valence-corrected chi connectivity index (χ0v) is 18.2. The van der Waals surface area contributed by atoms with Gasteiger partial charge in [-0.1, -0.05) is 11.6 Å². The molecule has 4 heteroatoms. The molecule has 27 heavy (non-hydrogen) atoms. The maximum atomic E-state index is 6.57. The summed E-state index contributed by atoms with van der Waals surface area (Å²) in [6.07, 6.45) is 6.46. The predicted octanol–water partition coefficient (Wildman–Crippen LogP) is 5.44. The first kappa shape index (κ1) is 21.8. The van der Waals surface area contributed by atoms with Gasteiger partial charge in [-0.25, -0.2) is 0 Å². The van der Waals surface area contributed by atoms with E-state index in [1.54, 1.807) is 7.11 Å². The molecular formula is C23H36O4. The van der Waals surface area contributed by atoms with Crippen LogP contribution in [0.1, 0.15) is 62.3 Å². The minimum Gasteiger partial charge on any atom is -0.487 e. The molecule has 0 saturated carbocycles. The summed E-state index contributed by atoms with van der Waals surface area (Å²) in [6, 6.07) is 0. The van der Waals surface area contributed by atoms with E-state index in [1.807, 2.05) is 0 Å². The van der Waals surface area contributed by atoms with E-state index in [9.17, 15) is 0 Å². The van der Waals surface area contributed by atoms with Crippen molar-refractivity contribution in [2.24, 2.45) is 0 Å². The molecule has 152 valence electrons. The van der Waals surface area contributed by atoms with E-state index in [2.05, 4.69) is 47.6 Å². The van der Waals surface area contributed by atoms with Crippen molar-refractivity contribution in [1.82, 2.24) is 0 Å². The molecule has 2 rings (SSSR count). The minimum atomic E-state index is -0.103. The Hall–Kier alpha value is -1.52. The van der Waals surface area contributed by atoms with Gasteiger partial charge in [0.25, 0.3) is 0 Å². The number of hydrogen-bond acceptors (Lipinski definition) is 4. The van der Waals surface area contributed by atoms with Crippen LogP contribution in [0.2, 0.25) is 0 Å². The van der Waals surface area contributed by atoms with Crippen LogP contribution in [0.4, 0.5) is 0 Å². The molecule has 1 aromatic carbocycles. The van der Waals surface area contributed by atoms with Crippen molar-refractivity contribution in [3.63, 3.8) is 0 Å². The van der Waals surface area contributed by atoms with Crippen molar-refractivity contribution in [3.8, 4) is 11.5 Å². The van der Waals surface area contributed by atoms with Crippen molar-refractivity contribution in [2.75, 3.05) is 27.1 Å². The summed E-state index contributed by atoms with van der Waals surface area (Å²) in [6.45, 7) is 14.3. The topological polar surface area (TPSA) is 36.9 Å². The SMILES string of the molecule is COCCOCOc1c(C)c(C)c2c(c1C)CCC(C)(CCC=C(C)C)O2. The van der Waals surface area contributed by atoms with Crippen LogP contribution < -0.4 is 9.47 Å². The second-order valence-electron chi connectivity index (χ2n) is 8.05. The van der Waals surface area contributed by atoms with Gasteiger partial charge in [0.05, 0.1) is 13.2 Å². The second-order valence-corrected chi connectivity index (χ2v) is 8.05. The summed E-state index contributed by atoms with van der Waals surface area (Å²) in [5.74, 6) is 1.99. The van der Waals surface area contributed by atoms with Crippen molar-refractivity contribution in [1.29, 1.82) is 0 Å². The molecule has 0 aliphatic carbocycles. The van der Waals surface area contributed by atoms with Gasteiger partial charge in [-0.2, -0.15) is 0 Å². The van der Waals surface area contributed by atoms with E-state index in [1.165, 1.54) is 22.3 Å². The Labute approximate surface area is 164 Å². The molecule has 0 fully saturated rings. The van der Waals surface area contributed by atoms with Gasteiger partial charge in [0, 0.05) is 12.7 Å². The first-order valence-electron chi connectivity index (χ1n) is 9.93.